The van der Waals surface area contributed by atoms with Crippen LogP contribution in [0.25, 0.3) is 0 Å². The van der Waals surface area contributed by atoms with Crippen molar-refractivity contribution in [1.82, 2.24) is 0 Å². The molecular formula is C16H16ClFO3. The SMILES string of the molecule is COc1cc(Cl)c(C(O)c2ccc(F)cc2C)cc1OC. The molecule has 2 aromatic rings. The predicted octanol–water partition coefficient (Wildman–Crippen LogP) is 3.89. The Bertz CT molecular complexity index is 658. The maximum absolute atomic E-state index is 13.2. The minimum absolute atomic E-state index is 0.346. The summed E-state index contributed by atoms with van der Waals surface area (Å²) in [5.41, 5.74) is 1.71. The molecule has 0 amide bonds. The van der Waals surface area contributed by atoms with E-state index in [1.165, 1.54) is 26.4 Å². The van der Waals surface area contributed by atoms with Gasteiger partial charge in [0.15, 0.2) is 11.5 Å². The van der Waals surface area contributed by atoms with Crippen molar-refractivity contribution >= 4 is 11.6 Å². The fraction of sp³-hybridized carbons (Fsp3) is 0.250. The molecule has 0 aliphatic carbocycles. The maximum Gasteiger partial charge on any atom is 0.162 e. The fourth-order valence-electron chi connectivity index (χ4n) is 2.19. The predicted molar refractivity (Wildman–Crippen MR) is 79.8 cm³/mol. The van der Waals surface area contributed by atoms with Gasteiger partial charge in [-0.1, -0.05) is 17.7 Å². The lowest BCUT2D eigenvalue weighted by Gasteiger charge is -2.18. The molecule has 0 saturated carbocycles. The highest BCUT2D eigenvalue weighted by Gasteiger charge is 2.19. The van der Waals surface area contributed by atoms with Crippen LogP contribution in [-0.4, -0.2) is 19.3 Å². The number of aryl methyl sites for hydroxylation is 1. The number of ether oxygens (including phenoxy) is 2. The van der Waals surface area contributed by atoms with E-state index in [1.807, 2.05) is 0 Å². The normalized spacial score (nSPS) is 12.1. The van der Waals surface area contributed by atoms with Gasteiger partial charge in [-0.3, -0.25) is 0 Å². The summed E-state index contributed by atoms with van der Waals surface area (Å²) in [6, 6.07) is 7.42. The van der Waals surface area contributed by atoms with Crippen molar-refractivity contribution in [3.63, 3.8) is 0 Å². The van der Waals surface area contributed by atoms with Crippen molar-refractivity contribution in [2.75, 3.05) is 14.2 Å². The van der Waals surface area contributed by atoms with E-state index in [9.17, 15) is 9.50 Å². The Kier molecular flexibility index (Phi) is 4.70. The summed E-state index contributed by atoms with van der Waals surface area (Å²) in [6.45, 7) is 1.73. The first-order valence-electron chi connectivity index (χ1n) is 6.33. The second kappa shape index (κ2) is 6.33. The minimum atomic E-state index is -0.974. The minimum Gasteiger partial charge on any atom is -0.493 e. The Morgan fingerprint density at radius 2 is 1.67 bits per heavy atom. The molecular weight excluding hydrogens is 295 g/mol. The summed E-state index contributed by atoms with van der Waals surface area (Å²) >= 11 is 6.20. The lowest BCUT2D eigenvalue weighted by Crippen LogP contribution is -2.04. The average molecular weight is 311 g/mol. The molecule has 112 valence electrons. The van der Waals surface area contributed by atoms with Crippen molar-refractivity contribution in [3.8, 4) is 11.5 Å². The molecule has 2 rings (SSSR count). The van der Waals surface area contributed by atoms with E-state index in [0.29, 0.717) is 33.2 Å². The van der Waals surface area contributed by atoms with Gasteiger partial charge in [0.2, 0.25) is 0 Å². The summed E-state index contributed by atoms with van der Waals surface area (Å²) in [6.07, 6.45) is -0.974. The molecule has 5 heteroatoms. The number of rotatable bonds is 4. The highest BCUT2D eigenvalue weighted by Crippen LogP contribution is 2.38. The van der Waals surface area contributed by atoms with Gasteiger partial charge in [-0.15, -0.1) is 0 Å². The second-order valence-electron chi connectivity index (χ2n) is 4.63. The molecule has 0 heterocycles. The fourth-order valence-corrected chi connectivity index (χ4v) is 2.45. The standard InChI is InChI=1S/C16H16ClFO3/c1-9-6-10(18)4-5-11(9)16(19)12-7-14(20-2)15(21-3)8-13(12)17/h4-8,16,19H,1-3H3. The van der Waals surface area contributed by atoms with Gasteiger partial charge in [0, 0.05) is 11.6 Å². The highest BCUT2D eigenvalue weighted by molar-refractivity contribution is 6.31. The number of aliphatic hydroxyl groups is 1. The Labute approximate surface area is 127 Å². The summed E-state index contributed by atoms with van der Waals surface area (Å²) in [5.74, 6) is 0.604. The van der Waals surface area contributed by atoms with Crippen molar-refractivity contribution in [1.29, 1.82) is 0 Å². The Morgan fingerprint density at radius 1 is 1.05 bits per heavy atom. The molecule has 1 N–H and O–H groups in total. The van der Waals surface area contributed by atoms with E-state index >= 15 is 0 Å². The van der Waals surface area contributed by atoms with E-state index in [4.69, 9.17) is 21.1 Å². The number of methoxy groups -OCH3 is 2. The van der Waals surface area contributed by atoms with Crippen molar-refractivity contribution in [3.05, 3.63) is 57.9 Å². The molecule has 1 unspecified atom stereocenters. The first-order chi connectivity index (χ1) is 9.97. The molecule has 0 aromatic heterocycles. The van der Waals surface area contributed by atoms with Gasteiger partial charge in [0.1, 0.15) is 11.9 Å². The molecule has 0 aliphatic rings. The molecule has 21 heavy (non-hydrogen) atoms. The molecule has 0 bridgehead atoms. The third kappa shape index (κ3) is 3.12. The topological polar surface area (TPSA) is 38.7 Å². The smallest absolute Gasteiger partial charge is 0.162 e. The largest absolute Gasteiger partial charge is 0.493 e. The zero-order chi connectivity index (χ0) is 15.6. The van der Waals surface area contributed by atoms with Crippen LogP contribution in [0, 0.1) is 12.7 Å². The molecule has 0 radical (unpaired) electrons. The first-order valence-corrected chi connectivity index (χ1v) is 6.71. The third-order valence-corrected chi connectivity index (χ3v) is 3.65. The van der Waals surface area contributed by atoms with Gasteiger partial charge in [-0.2, -0.15) is 0 Å². The Balaban J connectivity index is 2.50. The van der Waals surface area contributed by atoms with Crippen molar-refractivity contribution < 1.29 is 19.0 Å². The molecule has 0 fully saturated rings. The van der Waals surface area contributed by atoms with Crippen LogP contribution in [-0.2, 0) is 0 Å². The number of hydrogen-bond donors (Lipinski definition) is 1. The Morgan fingerprint density at radius 3 is 2.24 bits per heavy atom. The van der Waals surface area contributed by atoms with Gasteiger partial charge in [0.05, 0.1) is 19.2 Å². The number of aliphatic hydroxyl groups excluding tert-OH is 1. The van der Waals surface area contributed by atoms with E-state index in [-0.39, 0.29) is 5.82 Å². The summed E-state index contributed by atoms with van der Waals surface area (Å²) < 4.78 is 23.5. The number of hydrogen-bond acceptors (Lipinski definition) is 3. The monoisotopic (exact) mass is 310 g/mol. The first kappa shape index (κ1) is 15.6. The molecule has 0 aliphatic heterocycles. The molecule has 3 nitrogen and oxygen atoms in total. The van der Waals surface area contributed by atoms with Crippen LogP contribution in [0.1, 0.15) is 22.8 Å². The van der Waals surface area contributed by atoms with Crippen LogP contribution in [0.4, 0.5) is 4.39 Å². The van der Waals surface area contributed by atoms with Crippen LogP contribution < -0.4 is 9.47 Å². The molecule has 0 spiro atoms. The molecule has 1 atom stereocenters. The van der Waals surface area contributed by atoms with E-state index in [2.05, 4.69) is 0 Å². The van der Waals surface area contributed by atoms with E-state index in [0.717, 1.165) is 0 Å². The van der Waals surface area contributed by atoms with Crippen LogP contribution in [0.15, 0.2) is 30.3 Å². The van der Waals surface area contributed by atoms with Crippen LogP contribution in [0.2, 0.25) is 5.02 Å². The zero-order valence-electron chi connectivity index (χ0n) is 12.0. The Hall–Kier alpha value is -1.78. The lowest BCUT2D eigenvalue weighted by atomic mass is 9.97. The highest BCUT2D eigenvalue weighted by atomic mass is 35.5. The van der Waals surface area contributed by atoms with Crippen LogP contribution >= 0.6 is 11.6 Å². The molecule has 2 aromatic carbocycles. The van der Waals surface area contributed by atoms with Crippen molar-refractivity contribution in [2.45, 2.75) is 13.0 Å². The third-order valence-electron chi connectivity index (χ3n) is 3.32. The van der Waals surface area contributed by atoms with Gasteiger partial charge in [-0.25, -0.2) is 4.39 Å². The number of halogens is 2. The van der Waals surface area contributed by atoms with Gasteiger partial charge in [0.25, 0.3) is 0 Å². The summed E-state index contributed by atoms with van der Waals surface area (Å²) in [5, 5.41) is 10.9. The lowest BCUT2D eigenvalue weighted by molar-refractivity contribution is 0.218. The van der Waals surface area contributed by atoms with Crippen LogP contribution in [0.5, 0.6) is 11.5 Å². The quantitative estimate of drug-likeness (QED) is 0.931. The van der Waals surface area contributed by atoms with E-state index < -0.39 is 6.10 Å². The van der Waals surface area contributed by atoms with Crippen LogP contribution in [0.3, 0.4) is 0 Å². The molecule has 0 saturated heterocycles. The number of benzene rings is 2. The van der Waals surface area contributed by atoms with E-state index in [1.54, 1.807) is 25.1 Å². The van der Waals surface area contributed by atoms with Gasteiger partial charge in [-0.05, 0) is 36.2 Å². The summed E-state index contributed by atoms with van der Waals surface area (Å²) in [4.78, 5) is 0. The average Bonchev–Trinajstić information content (AvgIpc) is 2.46. The van der Waals surface area contributed by atoms with Crippen molar-refractivity contribution in [2.24, 2.45) is 0 Å². The second-order valence-corrected chi connectivity index (χ2v) is 5.04. The summed E-state index contributed by atoms with van der Waals surface area (Å²) in [7, 11) is 3.01. The van der Waals surface area contributed by atoms with Gasteiger partial charge >= 0.3 is 0 Å². The van der Waals surface area contributed by atoms with Gasteiger partial charge < -0.3 is 14.6 Å². The maximum atomic E-state index is 13.2. The zero-order valence-corrected chi connectivity index (χ0v) is 12.7.